The largest absolute Gasteiger partial charge is 0.492 e. The zero-order chi connectivity index (χ0) is 20.1. The number of hydrogen-bond donors (Lipinski definition) is 1. The van der Waals surface area contributed by atoms with E-state index in [2.05, 4.69) is 5.32 Å². The molecule has 1 saturated heterocycles. The van der Waals surface area contributed by atoms with Crippen LogP contribution in [0.2, 0.25) is 0 Å². The highest BCUT2D eigenvalue weighted by molar-refractivity contribution is 7.89. The van der Waals surface area contributed by atoms with Gasteiger partial charge in [0.15, 0.2) is 0 Å². The van der Waals surface area contributed by atoms with Gasteiger partial charge in [0.05, 0.1) is 11.4 Å². The number of nitrogens with one attached hydrogen (secondary N) is 1. The summed E-state index contributed by atoms with van der Waals surface area (Å²) in [5.74, 6) is 0.443. The number of hydrogen-bond acceptors (Lipinski definition) is 4. The number of amides is 1. The lowest BCUT2D eigenvalue weighted by Gasteiger charge is -2.17. The Kier molecular flexibility index (Phi) is 6.36. The molecule has 2 aromatic carbocycles. The lowest BCUT2D eigenvalue weighted by Crippen LogP contribution is -2.30. The van der Waals surface area contributed by atoms with Gasteiger partial charge in [-0.1, -0.05) is 23.8 Å². The summed E-state index contributed by atoms with van der Waals surface area (Å²) in [7, 11) is -3.55. The second-order valence-electron chi connectivity index (χ2n) is 7.01. The van der Waals surface area contributed by atoms with Gasteiger partial charge in [0.25, 0.3) is 5.91 Å². The highest BCUT2D eigenvalue weighted by atomic mass is 32.2. The van der Waals surface area contributed by atoms with Crippen LogP contribution in [0.1, 0.15) is 34.3 Å². The highest BCUT2D eigenvalue weighted by Crippen LogP contribution is 2.23. The molecule has 1 heterocycles. The number of rotatable bonds is 7. The van der Waals surface area contributed by atoms with Crippen molar-refractivity contribution in [3.63, 3.8) is 0 Å². The molecule has 1 aliphatic rings. The van der Waals surface area contributed by atoms with Crippen LogP contribution >= 0.6 is 0 Å². The van der Waals surface area contributed by atoms with Gasteiger partial charge in [-0.25, -0.2) is 8.42 Å². The number of sulfonamides is 1. The summed E-state index contributed by atoms with van der Waals surface area (Å²) >= 11 is 0. The monoisotopic (exact) mass is 402 g/mol. The van der Waals surface area contributed by atoms with Crippen LogP contribution < -0.4 is 10.1 Å². The SMILES string of the molecule is Cc1ccc(OCCNC(=O)c2cc(S(=O)(=O)N3CCCC3)ccc2C)cc1. The minimum Gasteiger partial charge on any atom is -0.492 e. The fourth-order valence-corrected chi connectivity index (χ4v) is 4.69. The van der Waals surface area contributed by atoms with Gasteiger partial charge in [0.2, 0.25) is 10.0 Å². The molecule has 1 amide bonds. The van der Waals surface area contributed by atoms with Gasteiger partial charge in [0.1, 0.15) is 12.4 Å². The zero-order valence-electron chi connectivity index (χ0n) is 16.3. The van der Waals surface area contributed by atoms with E-state index in [1.165, 1.54) is 10.4 Å². The third kappa shape index (κ3) is 4.72. The average Bonchev–Trinajstić information content (AvgIpc) is 3.22. The maximum Gasteiger partial charge on any atom is 0.251 e. The minimum absolute atomic E-state index is 0.168. The topological polar surface area (TPSA) is 75.7 Å². The summed E-state index contributed by atoms with van der Waals surface area (Å²) in [6.45, 7) is 5.53. The zero-order valence-corrected chi connectivity index (χ0v) is 17.1. The number of aryl methyl sites for hydroxylation is 2. The quantitative estimate of drug-likeness (QED) is 0.723. The molecule has 1 N–H and O–H groups in total. The van der Waals surface area contributed by atoms with E-state index in [0.29, 0.717) is 31.8 Å². The van der Waals surface area contributed by atoms with E-state index in [0.717, 1.165) is 29.7 Å². The molecule has 28 heavy (non-hydrogen) atoms. The lowest BCUT2D eigenvalue weighted by atomic mass is 10.1. The summed E-state index contributed by atoms with van der Waals surface area (Å²) in [5, 5.41) is 2.80. The molecule has 7 heteroatoms. The number of nitrogens with zero attached hydrogens (tertiary/aromatic N) is 1. The van der Waals surface area contributed by atoms with Gasteiger partial charge in [-0.2, -0.15) is 4.31 Å². The molecule has 0 unspecified atom stereocenters. The molecule has 0 spiro atoms. The smallest absolute Gasteiger partial charge is 0.251 e. The summed E-state index contributed by atoms with van der Waals surface area (Å²) < 4.78 is 32.6. The molecule has 0 aromatic heterocycles. The summed E-state index contributed by atoms with van der Waals surface area (Å²) in [4.78, 5) is 12.7. The molecule has 0 aliphatic carbocycles. The second-order valence-corrected chi connectivity index (χ2v) is 8.94. The third-order valence-electron chi connectivity index (χ3n) is 4.83. The molecule has 0 atom stereocenters. The normalized spacial score (nSPS) is 14.8. The molecule has 6 nitrogen and oxygen atoms in total. The Hall–Kier alpha value is -2.38. The number of benzene rings is 2. The maximum atomic E-state index is 12.7. The van der Waals surface area contributed by atoms with E-state index in [4.69, 9.17) is 4.74 Å². The molecule has 1 fully saturated rings. The Morgan fingerprint density at radius 2 is 1.75 bits per heavy atom. The molecule has 2 aromatic rings. The van der Waals surface area contributed by atoms with Crippen LogP contribution in [0.4, 0.5) is 0 Å². The Morgan fingerprint density at radius 1 is 1.07 bits per heavy atom. The van der Waals surface area contributed by atoms with Crippen molar-refractivity contribution in [1.29, 1.82) is 0 Å². The van der Waals surface area contributed by atoms with Crippen LogP contribution in [0.5, 0.6) is 5.75 Å². The molecule has 1 aliphatic heterocycles. The first-order valence-corrected chi connectivity index (χ1v) is 10.9. The molecular formula is C21H26N2O4S. The van der Waals surface area contributed by atoms with Crippen molar-refractivity contribution in [2.45, 2.75) is 31.6 Å². The fourth-order valence-electron chi connectivity index (χ4n) is 3.15. The number of carbonyl (C=O) groups is 1. The van der Waals surface area contributed by atoms with Crippen LogP contribution in [-0.4, -0.2) is 44.9 Å². The van der Waals surface area contributed by atoms with Crippen LogP contribution in [0.15, 0.2) is 47.4 Å². The van der Waals surface area contributed by atoms with Crippen molar-refractivity contribution in [2.75, 3.05) is 26.2 Å². The highest BCUT2D eigenvalue weighted by Gasteiger charge is 2.28. The second kappa shape index (κ2) is 8.75. The van der Waals surface area contributed by atoms with Gasteiger partial charge in [-0.3, -0.25) is 4.79 Å². The predicted molar refractivity (Wildman–Crippen MR) is 108 cm³/mol. The van der Waals surface area contributed by atoms with E-state index in [9.17, 15) is 13.2 Å². The van der Waals surface area contributed by atoms with Crippen LogP contribution in [0.3, 0.4) is 0 Å². The number of ether oxygens (including phenoxy) is 1. The maximum absolute atomic E-state index is 12.7. The Labute approximate surface area is 166 Å². The van der Waals surface area contributed by atoms with Crippen LogP contribution in [-0.2, 0) is 10.0 Å². The van der Waals surface area contributed by atoms with Gasteiger partial charge in [-0.15, -0.1) is 0 Å². The van der Waals surface area contributed by atoms with Crippen LogP contribution in [0.25, 0.3) is 0 Å². The van der Waals surface area contributed by atoms with Gasteiger partial charge >= 0.3 is 0 Å². The van der Waals surface area contributed by atoms with Crippen molar-refractivity contribution < 1.29 is 17.9 Å². The molecule has 150 valence electrons. The van der Waals surface area contributed by atoms with Crippen molar-refractivity contribution in [3.05, 3.63) is 59.2 Å². The van der Waals surface area contributed by atoms with E-state index in [-0.39, 0.29) is 10.8 Å². The standard InChI is InChI=1S/C21H26N2O4S/c1-16-5-8-18(9-6-16)27-14-11-22-21(24)20-15-19(10-7-17(20)2)28(25,26)23-12-3-4-13-23/h5-10,15H,3-4,11-14H2,1-2H3,(H,22,24). The summed E-state index contributed by atoms with van der Waals surface area (Å²) in [6.07, 6.45) is 1.75. The molecule has 0 saturated carbocycles. The minimum atomic E-state index is -3.55. The number of carbonyl (C=O) groups excluding carboxylic acids is 1. The first kappa shape index (κ1) is 20.4. The Morgan fingerprint density at radius 3 is 2.43 bits per heavy atom. The summed E-state index contributed by atoms with van der Waals surface area (Å²) in [6, 6.07) is 12.4. The molecular weight excluding hydrogens is 376 g/mol. The van der Waals surface area contributed by atoms with Crippen molar-refractivity contribution >= 4 is 15.9 Å². The van der Waals surface area contributed by atoms with E-state index in [1.807, 2.05) is 31.2 Å². The third-order valence-corrected chi connectivity index (χ3v) is 6.73. The van der Waals surface area contributed by atoms with Gasteiger partial charge in [-0.05, 0) is 56.5 Å². The molecule has 0 bridgehead atoms. The van der Waals surface area contributed by atoms with Crippen LogP contribution in [0, 0.1) is 13.8 Å². The predicted octanol–water partition coefficient (Wildman–Crippen LogP) is 2.90. The average molecular weight is 403 g/mol. The first-order chi connectivity index (χ1) is 13.4. The van der Waals surface area contributed by atoms with E-state index >= 15 is 0 Å². The Balaban J connectivity index is 1.62. The van der Waals surface area contributed by atoms with Crippen molar-refractivity contribution in [3.8, 4) is 5.75 Å². The molecule has 3 rings (SSSR count). The van der Waals surface area contributed by atoms with Crippen molar-refractivity contribution in [1.82, 2.24) is 9.62 Å². The first-order valence-electron chi connectivity index (χ1n) is 9.46. The molecule has 0 radical (unpaired) electrons. The van der Waals surface area contributed by atoms with Gasteiger partial charge < -0.3 is 10.1 Å². The lowest BCUT2D eigenvalue weighted by molar-refractivity contribution is 0.0946. The van der Waals surface area contributed by atoms with E-state index in [1.54, 1.807) is 19.1 Å². The Bertz CT molecular complexity index is 933. The van der Waals surface area contributed by atoms with Crippen molar-refractivity contribution in [2.24, 2.45) is 0 Å². The fraction of sp³-hybridized carbons (Fsp3) is 0.381. The summed E-state index contributed by atoms with van der Waals surface area (Å²) in [5.41, 5.74) is 2.26. The van der Waals surface area contributed by atoms with E-state index < -0.39 is 10.0 Å². The van der Waals surface area contributed by atoms with Gasteiger partial charge in [0, 0.05) is 18.7 Å².